The van der Waals surface area contributed by atoms with Crippen LogP contribution >= 0.6 is 11.6 Å². The molecule has 0 spiro atoms. The molecule has 1 rings (SSSR count). The van der Waals surface area contributed by atoms with Gasteiger partial charge in [0.1, 0.15) is 5.15 Å². The number of rotatable bonds is 0. The molecule has 0 atom stereocenters. The minimum absolute atomic E-state index is 0.384. The normalized spacial score (nSPS) is 7.64. The molecule has 0 aliphatic rings. The van der Waals surface area contributed by atoms with E-state index in [1.54, 1.807) is 24.4 Å². The van der Waals surface area contributed by atoms with Crippen LogP contribution in [0, 0.1) is 23.2 Å². The Hall–Kier alpha value is -1.51. The van der Waals surface area contributed by atoms with E-state index in [1.165, 1.54) is 0 Å². The van der Waals surface area contributed by atoms with Gasteiger partial charge in [0.05, 0.1) is 0 Å². The van der Waals surface area contributed by atoms with Crippen molar-refractivity contribution in [1.82, 2.24) is 4.98 Å². The van der Waals surface area contributed by atoms with Gasteiger partial charge in [0.25, 0.3) is 0 Å². The average Bonchev–Trinajstić information content (AvgIpc) is 2.01. The third-order valence-electron chi connectivity index (χ3n) is 0.989. The third-order valence-corrected chi connectivity index (χ3v) is 1.20. The van der Waals surface area contributed by atoms with Crippen molar-refractivity contribution in [3.05, 3.63) is 29.0 Å². The van der Waals surface area contributed by atoms with Crippen molar-refractivity contribution < 1.29 is 0 Å². The molecule has 0 amide bonds. The Balaban J connectivity index is 2.99. The molecule has 0 radical (unpaired) electrons. The van der Waals surface area contributed by atoms with Crippen LogP contribution in [0.1, 0.15) is 5.56 Å². The number of aromatic nitrogens is 1. The fraction of sp³-hybridized carbons (Fsp3) is 0. The van der Waals surface area contributed by atoms with Gasteiger partial charge >= 0.3 is 0 Å². The lowest BCUT2D eigenvalue weighted by molar-refractivity contribution is 1.32. The van der Waals surface area contributed by atoms with Crippen LogP contribution in [0.25, 0.3) is 0 Å². The van der Waals surface area contributed by atoms with Crippen molar-refractivity contribution in [2.75, 3.05) is 0 Å². The molecule has 0 unspecified atom stereocenters. The quantitative estimate of drug-likeness (QED) is 0.429. The maximum absolute atomic E-state index is 8.12. The molecule has 52 valence electrons. The highest BCUT2D eigenvalue weighted by Crippen LogP contribution is 2.04. The average molecular weight is 163 g/mol. The molecule has 11 heavy (non-hydrogen) atoms. The van der Waals surface area contributed by atoms with Gasteiger partial charge in [-0.1, -0.05) is 17.5 Å². The fourth-order valence-corrected chi connectivity index (χ4v) is 0.754. The number of hydrogen-bond donors (Lipinski definition) is 0. The number of hydrogen-bond acceptors (Lipinski definition) is 2. The van der Waals surface area contributed by atoms with E-state index in [0.717, 1.165) is 0 Å². The minimum atomic E-state index is 0.384. The van der Waals surface area contributed by atoms with Gasteiger partial charge in [-0.2, -0.15) is 5.26 Å². The van der Waals surface area contributed by atoms with Crippen LogP contribution < -0.4 is 0 Å². The molecule has 0 bridgehead atoms. The van der Waals surface area contributed by atoms with E-state index in [1.807, 2.05) is 0 Å². The Morgan fingerprint density at radius 1 is 1.55 bits per heavy atom. The summed E-state index contributed by atoms with van der Waals surface area (Å²) in [6.45, 7) is 0. The maximum atomic E-state index is 8.12. The summed E-state index contributed by atoms with van der Waals surface area (Å²) in [5.41, 5.74) is 0.701. The van der Waals surface area contributed by atoms with Crippen molar-refractivity contribution in [2.24, 2.45) is 0 Å². The third kappa shape index (κ3) is 2.29. The molecule has 0 aliphatic carbocycles. The first-order valence-corrected chi connectivity index (χ1v) is 3.22. The molecule has 0 saturated carbocycles. The predicted molar refractivity (Wildman–Crippen MR) is 41.7 cm³/mol. The van der Waals surface area contributed by atoms with Crippen LogP contribution in [0.4, 0.5) is 0 Å². The van der Waals surface area contributed by atoms with E-state index < -0.39 is 0 Å². The second kappa shape index (κ2) is 3.61. The fourth-order valence-electron chi connectivity index (χ4n) is 0.580. The number of nitrogens with zero attached hydrogens (tertiary/aromatic N) is 2. The molecular weight excluding hydrogens is 160 g/mol. The van der Waals surface area contributed by atoms with Crippen molar-refractivity contribution >= 4 is 11.6 Å². The summed E-state index contributed by atoms with van der Waals surface area (Å²) in [6, 6.07) is 5.00. The first-order chi connectivity index (χ1) is 5.33. The predicted octanol–water partition coefficient (Wildman–Crippen LogP) is 1.61. The largest absolute Gasteiger partial charge is 0.244 e. The summed E-state index contributed by atoms with van der Waals surface area (Å²) < 4.78 is 0. The SMILES string of the molecule is N#CC#Cc1ccnc(Cl)c1. The lowest BCUT2D eigenvalue weighted by Gasteiger charge is -1.87. The Morgan fingerprint density at radius 3 is 3.00 bits per heavy atom. The molecular formula is C8H3ClN2. The lowest BCUT2D eigenvalue weighted by Crippen LogP contribution is -1.76. The Kier molecular flexibility index (Phi) is 2.49. The van der Waals surface area contributed by atoms with E-state index in [2.05, 4.69) is 16.8 Å². The summed E-state index contributed by atoms with van der Waals surface area (Å²) in [6.07, 6.45) is 1.55. The summed E-state index contributed by atoms with van der Waals surface area (Å²) in [5, 5.41) is 8.51. The number of pyridine rings is 1. The van der Waals surface area contributed by atoms with Gasteiger partial charge in [0, 0.05) is 17.7 Å². The van der Waals surface area contributed by atoms with Gasteiger partial charge in [-0.3, -0.25) is 0 Å². The van der Waals surface area contributed by atoms with Crippen molar-refractivity contribution in [3.8, 4) is 17.9 Å². The zero-order chi connectivity index (χ0) is 8.10. The van der Waals surface area contributed by atoms with Gasteiger partial charge in [0.15, 0.2) is 6.07 Å². The number of halogens is 1. The zero-order valence-electron chi connectivity index (χ0n) is 5.50. The van der Waals surface area contributed by atoms with Gasteiger partial charge in [0.2, 0.25) is 0 Å². The highest BCUT2D eigenvalue weighted by atomic mass is 35.5. The van der Waals surface area contributed by atoms with Crippen molar-refractivity contribution in [3.63, 3.8) is 0 Å². The smallest absolute Gasteiger partial charge is 0.152 e. The summed E-state index contributed by atoms with van der Waals surface area (Å²) >= 11 is 5.56. The molecule has 1 aromatic heterocycles. The Morgan fingerprint density at radius 2 is 2.36 bits per heavy atom. The van der Waals surface area contributed by atoms with Crippen LogP contribution in [-0.4, -0.2) is 4.98 Å². The Bertz CT molecular complexity index is 354. The first-order valence-electron chi connectivity index (χ1n) is 2.84. The standard InChI is InChI=1S/C8H3ClN2/c9-8-6-7(2-1-4-10)3-5-11-8/h3,5-6H. The highest BCUT2D eigenvalue weighted by molar-refractivity contribution is 6.29. The second-order valence-electron chi connectivity index (χ2n) is 1.73. The molecule has 1 aromatic rings. The van der Waals surface area contributed by atoms with Gasteiger partial charge < -0.3 is 0 Å². The molecule has 2 nitrogen and oxygen atoms in total. The van der Waals surface area contributed by atoms with Gasteiger partial charge in [-0.25, -0.2) is 4.98 Å². The molecule has 0 aliphatic heterocycles. The first kappa shape index (κ1) is 7.60. The molecule has 0 saturated heterocycles. The topological polar surface area (TPSA) is 36.7 Å². The summed E-state index contributed by atoms with van der Waals surface area (Å²) in [7, 11) is 0. The van der Waals surface area contributed by atoms with Crippen molar-refractivity contribution in [1.29, 1.82) is 5.26 Å². The zero-order valence-corrected chi connectivity index (χ0v) is 6.26. The molecule has 0 N–H and O–H groups in total. The summed E-state index contributed by atoms with van der Waals surface area (Å²) in [4.78, 5) is 3.76. The minimum Gasteiger partial charge on any atom is -0.244 e. The molecule has 3 heteroatoms. The van der Waals surface area contributed by atoms with E-state index in [0.29, 0.717) is 10.7 Å². The number of nitriles is 1. The van der Waals surface area contributed by atoms with E-state index in [9.17, 15) is 0 Å². The highest BCUT2D eigenvalue weighted by Gasteiger charge is 1.88. The molecule has 1 heterocycles. The van der Waals surface area contributed by atoms with E-state index in [4.69, 9.17) is 16.9 Å². The van der Waals surface area contributed by atoms with Gasteiger partial charge in [-0.15, -0.1) is 0 Å². The van der Waals surface area contributed by atoms with E-state index in [-0.39, 0.29) is 0 Å². The van der Waals surface area contributed by atoms with Crippen LogP contribution in [0.2, 0.25) is 5.15 Å². The van der Waals surface area contributed by atoms with Gasteiger partial charge in [-0.05, 0) is 12.1 Å². The Labute approximate surface area is 69.4 Å². The van der Waals surface area contributed by atoms with Crippen molar-refractivity contribution in [2.45, 2.75) is 0 Å². The maximum Gasteiger partial charge on any atom is 0.152 e. The monoisotopic (exact) mass is 162 g/mol. The molecule has 0 aromatic carbocycles. The summed E-state index contributed by atoms with van der Waals surface area (Å²) in [5.74, 6) is 4.86. The van der Waals surface area contributed by atoms with E-state index >= 15 is 0 Å². The van der Waals surface area contributed by atoms with Crippen LogP contribution in [0.3, 0.4) is 0 Å². The molecule has 0 fully saturated rings. The van der Waals surface area contributed by atoms with Crippen LogP contribution in [-0.2, 0) is 0 Å². The lowest BCUT2D eigenvalue weighted by atomic mass is 10.3. The van der Waals surface area contributed by atoms with Crippen LogP contribution in [0.15, 0.2) is 18.3 Å². The second-order valence-corrected chi connectivity index (χ2v) is 2.12. The van der Waals surface area contributed by atoms with Crippen LogP contribution in [0.5, 0.6) is 0 Å².